The summed E-state index contributed by atoms with van der Waals surface area (Å²) in [6.07, 6.45) is 1.90. The molecule has 0 spiro atoms. The SMILES string of the molecule is C=CCc1c(Cl)cc(S(=O)(=O)O)c(Cl)c1Cl. The van der Waals surface area contributed by atoms with Crippen LogP contribution in [0.2, 0.25) is 15.1 Å². The average Bonchev–Trinajstić information content (AvgIpc) is 2.16. The Balaban J connectivity index is 3.57. The zero-order chi connectivity index (χ0) is 12.5. The highest BCUT2D eigenvalue weighted by Gasteiger charge is 2.21. The fourth-order valence-corrected chi connectivity index (χ4v) is 2.92. The zero-order valence-electron chi connectivity index (χ0n) is 7.87. The van der Waals surface area contributed by atoms with E-state index in [1.54, 1.807) is 6.08 Å². The van der Waals surface area contributed by atoms with Crippen molar-refractivity contribution in [3.05, 3.63) is 39.4 Å². The summed E-state index contributed by atoms with van der Waals surface area (Å²) in [6, 6.07) is 1.06. The Hall–Kier alpha value is -0.260. The highest BCUT2D eigenvalue weighted by atomic mass is 35.5. The van der Waals surface area contributed by atoms with Gasteiger partial charge in [-0.2, -0.15) is 8.42 Å². The normalized spacial score (nSPS) is 11.5. The van der Waals surface area contributed by atoms with Crippen molar-refractivity contribution in [3.63, 3.8) is 0 Å². The maximum absolute atomic E-state index is 11.0. The molecule has 0 aliphatic rings. The number of allylic oxidation sites excluding steroid dienone is 1. The second-order valence-electron chi connectivity index (χ2n) is 2.93. The molecule has 0 bridgehead atoms. The van der Waals surface area contributed by atoms with Crippen molar-refractivity contribution in [2.45, 2.75) is 11.3 Å². The zero-order valence-corrected chi connectivity index (χ0v) is 11.0. The van der Waals surface area contributed by atoms with Gasteiger partial charge in [-0.3, -0.25) is 4.55 Å². The Morgan fingerprint density at radius 1 is 1.31 bits per heavy atom. The number of hydrogen-bond donors (Lipinski definition) is 1. The largest absolute Gasteiger partial charge is 0.296 e. The molecule has 88 valence electrons. The van der Waals surface area contributed by atoms with Gasteiger partial charge in [-0.05, 0) is 18.1 Å². The van der Waals surface area contributed by atoms with Crippen molar-refractivity contribution >= 4 is 44.9 Å². The lowest BCUT2D eigenvalue weighted by molar-refractivity contribution is 0.483. The molecule has 0 amide bonds. The standard InChI is InChI=1S/C9H7Cl3O3S/c1-2-3-5-6(10)4-7(16(13,14)15)9(12)8(5)11/h2,4H,1,3H2,(H,13,14,15). The van der Waals surface area contributed by atoms with Gasteiger partial charge >= 0.3 is 0 Å². The third-order valence-corrected chi connectivity index (χ3v) is 4.08. The van der Waals surface area contributed by atoms with E-state index in [0.717, 1.165) is 6.07 Å². The van der Waals surface area contributed by atoms with Gasteiger partial charge in [0.05, 0.1) is 10.0 Å². The van der Waals surface area contributed by atoms with Crippen LogP contribution in [0.25, 0.3) is 0 Å². The van der Waals surface area contributed by atoms with Gasteiger partial charge in [0.2, 0.25) is 0 Å². The number of rotatable bonds is 3. The third-order valence-electron chi connectivity index (χ3n) is 1.85. The van der Waals surface area contributed by atoms with Crippen LogP contribution in [0.3, 0.4) is 0 Å². The van der Waals surface area contributed by atoms with E-state index in [0.29, 0.717) is 12.0 Å². The Morgan fingerprint density at radius 2 is 1.88 bits per heavy atom. The first kappa shape index (κ1) is 13.8. The number of benzene rings is 1. The maximum Gasteiger partial charge on any atom is 0.296 e. The quantitative estimate of drug-likeness (QED) is 0.527. The second kappa shape index (κ2) is 4.94. The second-order valence-corrected chi connectivity index (χ2v) is 5.48. The summed E-state index contributed by atoms with van der Waals surface area (Å²) in [5.41, 5.74) is 0.468. The van der Waals surface area contributed by atoms with Crippen molar-refractivity contribution in [1.82, 2.24) is 0 Å². The van der Waals surface area contributed by atoms with Crippen molar-refractivity contribution in [2.75, 3.05) is 0 Å². The summed E-state index contributed by atoms with van der Waals surface area (Å²) in [7, 11) is -4.44. The van der Waals surface area contributed by atoms with Crippen molar-refractivity contribution in [3.8, 4) is 0 Å². The Kier molecular flexibility index (Phi) is 4.26. The van der Waals surface area contributed by atoms with E-state index >= 15 is 0 Å². The van der Waals surface area contributed by atoms with Gasteiger partial charge in [0, 0.05) is 5.02 Å². The molecule has 0 saturated carbocycles. The Morgan fingerprint density at radius 3 is 2.31 bits per heavy atom. The minimum Gasteiger partial charge on any atom is -0.282 e. The van der Waals surface area contributed by atoms with Gasteiger partial charge in [0.15, 0.2) is 0 Å². The number of halogens is 3. The molecule has 0 aliphatic carbocycles. The van der Waals surface area contributed by atoms with E-state index in [1.807, 2.05) is 0 Å². The highest BCUT2D eigenvalue weighted by Crippen LogP contribution is 2.37. The molecule has 0 fully saturated rings. The van der Waals surface area contributed by atoms with Crippen molar-refractivity contribution < 1.29 is 13.0 Å². The van der Waals surface area contributed by atoms with Gasteiger partial charge in [0.1, 0.15) is 4.90 Å². The predicted octanol–water partition coefficient (Wildman–Crippen LogP) is 3.62. The molecule has 0 saturated heterocycles. The predicted molar refractivity (Wildman–Crippen MR) is 65.2 cm³/mol. The van der Waals surface area contributed by atoms with E-state index in [9.17, 15) is 8.42 Å². The number of hydrogen-bond acceptors (Lipinski definition) is 2. The van der Waals surface area contributed by atoms with E-state index in [1.165, 1.54) is 0 Å². The van der Waals surface area contributed by atoms with Crippen LogP contribution in [0.15, 0.2) is 23.6 Å². The van der Waals surface area contributed by atoms with Gasteiger partial charge in [-0.1, -0.05) is 40.9 Å². The molecule has 7 heteroatoms. The summed E-state index contributed by atoms with van der Waals surface area (Å²) in [4.78, 5) is -0.503. The Bertz CT molecular complexity index is 537. The van der Waals surface area contributed by atoms with E-state index in [-0.39, 0.29) is 15.1 Å². The molecule has 0 radical (unpaired) electrons. The van der Waals surface area contributed by atoms with Crippen LogP contribution < -0.4 is 0 Å². The molecule has 16 heavy (non-hydrogen) atoms. The van der Waals surface area contributed by atoms with Gasteiger partial charge in [0.25, 0.3) is 10.1 Å². The van der Waals surface area contributed by atoms with Gasteiger partial charge in [-0.15, -0.1) is 6.58 Å². The summed E-state index contributed by atoms with van der Waals surface area (Å²) in [5, 5.41) is -0.131. The lowest BCUT2D eigenvalue weighted by atomic mass is 10.1. The monoisotopic (exact) mass is 300 g/mol. The van der Waals surface area contributed by atoms with Crippen LogP contribution in [-0.4, -0.2) is 13.0 Å². The summed E-state index contributed by atoms with van der Waals surface area (Å²) >= 11 is 17.4. The topological polar surface area (TPSA) is 54.4 Å². The van der Waals surface area contributed by atoms with Gasteiger partial charge < -0.3 is 0 Å². The summed E-state index contributed by atoms with van der Waals surface area (Å²) in [5.74, 6) is 0. The van der Waals surface area contributed by atoms with Crippen LogP contribution in [0.1, 0.15) is 5.56 Å². The molecule has 1 aromatic carbocycles. The molecule has 1 N–H and O–H groups in total. The molecule has 1 aromatic rings. The lowest BCUT2D eigenvalue weighted by Gasteiger charge is -2.09. The van der Waals surface area contributed by atoms with E-state index in [2.05, 4.69) is 6.58 Å². The first-order valence-corrected chi connectivity index (χ1v) is 6.61. The van der Waals surface area contributed by atoms with E-state index < -0.39 is 15.0 Å². The van der Waals surface area contributed by atoms with Crippen LogP contribution in [0.5, 0.6) is 0 Å². The lowest BCUT2D eigenvalue weighted by Crippen LogP contribution is -2.01. The highest BCUT2D eigenvalue weighted by molar-refractivity contribution is 7.86. The Labute approximate surface area is 108 Å². The molecule has 0 aliphatic heterocycles. The first-order chi connectivity index (χ1) is 7.29. The molecule has 0 aromatic heterocycles. The summed E-state index contributed by atoms with van der Waals surface area (Å²) < 4.78 is 30.8. The molecule has 0 heterocycles. The van der Waals surface area contributed by atoms with Crippen LogP contribution >= 0.6 is 34.8 Å². The molecule has 3 nitrogen and oxygen atoms in total. The fourth-order valence-electron chi connectivity index (χ4n) is 1.13. The maximum atomic E-state index is 11.0. The minimum atomic E-state index is -4.44. The van der Waals surface area contributed by atoms with Crippen LogP contribution in [0.4, 0.5) is 0 Å². The van der Waals surface area contributed by atoms with Crippen LogP contribution in [-0.2, 0) is 16.5 Å². The smallest absolute Gasteiger partial charge is 0.282 e. The molecular weight excluding hydrogens is 295 g/mol. The minimum absolute atomic E-state index is 0.00157. The third kappa shape index (κ3) is 2.70. The fraction of sp³-hybridized carbons (Fsp3) is 0.111. The summed E-state index contributed by atoms with van der Waals surface area (Å²) in [6.45, 7) is 3.51. The average molecular weight is 302 g/mol. The van der Waals surface area contributed by atoms with E-state index in [4.69, 9.17) is 39.4 Å². The van der Waals surface area contributed by atoms with Crippen molar-refractivity contribution in [2.24, 2.45) is 0 Å². The molecule has 0 unspecified atom stereocenters. The first-order valence-electron chi connectivity index (χ1n) is 4.03. The van der Waals surface area contributed by atoms with Crippen LogP contribution in [0, 0.1) is 0 Å². The molecule has 1 rings (SSSR count). The molecular formula is C9H7Cl3O3S. The van der Waals surface area contributed by atoms with Gasteiger partial charge in [-0.25, -0.2) is 0 Å². The van der Waals surface area contributed by atoms with Crippen molar-refractivity contribution in [1.29, 1.82) is 0 Å². The molecule has 0 atom stereocenters.